The lowest BCUT2D eigenvalue weighted by atomic mass is 10.0. The largest absolute Gasteiger partial charge is 0.359 e. The third kappa shape index (κ3) is 3.06. The first-order chi connectivity index (χ1) is 12.4. The molecule has 0 saturated heterocycles. The molecule has 7 nitrogen and oxygen atoms in total. The van der Waals surface area contributed by atoms with E-state index in [0.717, 1.165) is 4.90 Å². The molecule has 2 aromatic rings. The average Bonchev–Trinajstić information content (AvgIpc) is 2.87. The van der Waals surface area contributed by atoms with Crippen molar-refractivity contribution in [1.82, 2.24) is 10.2 Å². The normalized spacial score (nSPS) is 12.8. The molecule has 0 radical (unpaired) electrons. The van der Waals surface area contributed by atoms with Crippen molar-refractivity contribution >= 4 is 29.3 Å². The fourth-order valence-electron chi connectivity index (χ4n) is 2.75. The molecule has 2 aromatic carbocycles. The van der Waals surface area contributed by atoms with E-state index in [1.54, 1.807) is 31.3 Å². The van der Waals surface area contributed by atoms with E-state index in [-0.39, 0.29) is 34.9 Å². The van der Waals surface area contributed by atoms with E-state index in [4.69, 9.17) is 0 Å². The van der Waals surface area contributed by atoms with Crippen molar-refractivity contribution < 1.29 is 19.2 Å². The van der Waals surface area contributed by atoms with Crippen LogP contribution in [0.1, 0.15) is 36.6 Å². The molecule has 1 aliphatic heterocycles. The standard InChI is InChI=1S/C19H17N3O4/c1-20-16(23)10-11-5-3-4-6-15(11)21-17(24)12-7-8-13-14(9-12)19(26)22(2)18(13)25/h3-9H,10H2,1-2H3,(H,20,23)(H,21,24). The van der Waals surface area contributed by atoms with Gasteiger partial charge in [0.15, 0.2) is 0 Å². The number of carbonyl (C=O) groups excluding carboxylic acids is 4. The molecular weight excluding hydrogens is 334 g/mol. The minimum atomic E-state index is -0.431. The summed E-state index contributed by atoms with van der Waals surface area (Å²) in [6, 6.07) is 11.4. The fraction of sp³-hybridized carbons (Fsp3) is 0.158. The third-order valence-electron chi connectivity index (χ3n) is 4.25. The maximum Gasteiger partial charge on any atom is 0.261 e. The molecule has 0 aromatic heterocycles. The highest BCUT2D eigenvalue weighted by Crippen LogP contribution is 2.24. The molecule has 2 N–H and O–H groups in total. The molecule has 0 bridgehead atoms. The summed E-state index contributed by atoms with van der Waals surface area (Å²) in [7, 11) is 2.95. The zero-order valence-electron chi connectivity index (χ0n) is 14.3. The van der Waals surface area contributed by atoms with Crippen LogP contribution < -0.4 is 10.6 Å². The number of fused-ring (bicyclic) bond motifs is 1. The molecule has 0 spiro atoms. The minimum absolute atomic E-state index is 0.134. The number of rotatable bonds is 4. The van der Waals surface area contributed by atoms with Gasteiger partial charge in [0, 0.05) is 25.3 Å². The van der Waals surface area contributed by atoms with Crippen LogP contribution in [-0.2, 0) is 11.2 Å². The Morgan fingerprint density at radius 1 is 1.00 bits per heavy atom. The molecule has 1 heterocycles. The zero-order valence-corrected chi connectivity index (χ0v) is 14.3. The van der Waals surface area contributed by atoms with Crippen molar-refractivity contribution in [1.29, 1.82) is 0 Å². The van der Waals surface area contributed by atoms with Crippen LogP contribution in [-0.4, -0.2) is 42.6 Å². The van der Waals surface area contributed by atoms with Crippen molar-refractivity contribution in [2.24, 2.45) is 0 Å². The number of carbonyl (C=O) groups is 4. The van der Waals surface area contributed by atoms with Gasteiger partial charge in [-0.25, -0.2) is 0 Å². The molecule has 0 unspecified atom stereocenters. The summed E-state index contributed by atoms with van der Waals surface area (Å²) in [6.07, 6.45) is 0.134. The van der Waals surface area contributed by atoms with Gasteiger partial charge in [-0.2, -0.15) is 0 Å². The smallest absolute Gasteiger partial charge is 0.261 e. The number of para-hydroxylation sites is 1. The number of imide groups is 1. The van der Waals surface area contributed by atoms with Gasteiger partial charge in [-0.05, 0) is 29.8 Å². The van der Waals surface area contributed by atoms with Crippen LogP contribution in [0.15, 0.2) is 42.5 Å². The molecule has 3 rings (SSSR count). The maximum atomic E-state index is 12.6. The molecular formula is C19H17N3O4. The zero-order chi connectivity index (χ0) is 18.8. The van der Waals surface area contributed by atoms with Gasteiger partial charge in [0.1, 0.15) is 0 Å². The SMILES string of the molecule is CNC(=O)Cc1ccccc1NC(=O)c1ccc2c(c1)C(=O)N(C)C2=O. The van der Waals surface area contributed by atoms with Gasteiger partial charge in [-0.3, -0.25) is 24.1 Å². The van der Waals surface area contributed by atoms with Gasteiger partial charge in [0.2, 0.25) is 5.91 Å². The first-order valence-corrected chi connectivity index (χ1v) is 7.98. The molecule has 0 fully saturated rings. The fourth-order valence-corrected chi connectivity index (χ4v) is 2.75. The second-order valence-corrected chi connectivity index (χ2v) is 5.89. The Bertz CT molecular complexity index is 936. The van der Waals surface area contributed by atoms with E-state index in [2.05, 4.69) is 10.6 Å². The van der Waals surface area contributed by atoms with Crippen molar-refractivity contribution in [2.75, 3.05) is 19.4 Å². The van der Waals surface area contributed by atoms with Crippen LogP contribution in [0, 0.1) is 0 Å². The van der Waals surface area contributed by atoms with Gasteiger partial charge >= 0.3 is 0 Å². The summed E-state index contributed by atoms with van der Waals surface area (Å²) in [5.74, 6) is -1.41. The second kappa shape index (κ2) is 6.79. The van der Waals surface area contributed by atoms with E-state index in [0.29, 0.717) is 11.3 Å². The van der Waals surface area contributed by atoms with E-state index < -0.39 is 11.8 Å². The Labute approximate surface area is 150 Å². The number of hydrogen-bond acceptors (Lipinski definition) is 4. The summed E-state index contributed by atoms with van der Waals surface area (Å²) in [4.78, 5) is 49.2. The quantitative estimate of drug-likeness (QED) is 0.815. The topological polar surface area (TPSA) is 95.6 Å². The molecule has 26 heavy (non-hydrogen) atoms. The van der Waals surface area contributed by atoms with E-state index in [1.807, 2.05) is 0 Å². The van der Waals surface area contributed by atoms with E-state index >= 15 is 0 Å². The van der Waals surface area contributed by atoms with E-state index in [1.165, 1.54) is 25.2 Å². The van der Waals surface area contributed by atoms with Crippen LogP contribution in [0.5, 0.6) is 0 Å². The van der Waals surface area contributed by atoms with Crippen LogP contribution in [0.25, 0.3) is 0 Å². The number of amides is 4. The number of likely N-dealkylation sites (N-methyl/N-ethyl adjacent to an activating group) is 1. The van der Waals surface area contributed by atoms with Crippen LogP contribution in [0.2, 0.25) is 0 Å². The van der Waals surface area contributed by atoms with Crippen molar-refractivity contribution in [3.63, 3.8) is 0 Å². The number of nitrogens with zero attached hydrogens (tertiary/aromatic N) is 1. The lowest BCUT2D eigenvalue weighted by molar-refractivity contribution is -0.119. The van der Waals surface area contributed by atoms with Gasteiger partial charge < -0.3 is 10.6 Å². The number of benzene rings is 2. The molecule has 0 aliphatic carbocycles. The number of nitrogens with one attached hydrogen (secondary N) is 2. The highest BCUT2D eigenvalue weighted by Gasteiger charge is 2.33. The van der Waals surface area contributed by atoms with Gasteiger partial charge in [-0.15, -0.1) is 0 Å². The van der Waals surface area contributed by atoms with Crippen molar-refractivity contribution in [2.45, 2.75) is 6.42 Å². The molecule has 1 aliphatic rings. The maximum absolute atomic E-state index is 12.6. The summed E-state index contributed by atoms with van der Waals surface area (Å²) < 4.78 is 0. The molecule has 0 saturated carbocycles. The lowest BCUT2D eigenvalue weighted by Gasteiger charge is -2.11. The third-order valence-corrected chi connectivity index (χ3v) is 4.25. The first kappa shape index (κ1) is 17.3. The van der Waals surface area contributed by atoms with Crippen molar-refractivity contribution in [3.8, 4) is 0 Å². The van der Waals surface area contributed by atoms with Gasteiger partial charge in [0.05, 0.1) is 17.5 Å². The van der Waals surface area contributed by atoms with Crippen molar-refractivity contribution in [3.05, 3.63) is 64.7 Å². The second-order valence-electron chi connectivity index (χ2n) is 5.89. The van der Waals surface area contributed by atoms with Gasteiger partial charge in [-0.1, -0.05) is 18.2 Å². The lowest BCUT2D eigenvalue weighted by Crippen LogP contribution is -2.24. The van der Waals surface area contributed by atoms with E-state index in [9.17, 15) is 19.2 Å². The van der Waals surface area contributed by atoms with Crippen LogP contribution in [0.3, 0.4) is 0 Å². The average molecular weight is 351 g/mol. The molecule has 7 heteroatoms. The Hall–Kier alpha value is -3.48. The highest BCUT2D eigenvalue weighted by atomic mass is 16.2. The highest BCUT2D eigenvalue weighted by molar-refractivity contribution is 6.22. The summed E-state index contributed by atoms with van der Waals surface area (Å²) in [5.41, 5.74) is 1.95. The summed E-state index contributed by atoms with van der Waals surface area (Å²) in [5, 5.41) is 5.30. The number of anilines is 1. The monoisotopic (exact) mass is 351 g/mol. The molecule has 4 amide bonds. The predicted octanol–water partition coefficient (Wildman–Crippen LogP) is 1.45. The predicted molar refractivity (Wildman–Crippen MR) is 95.0 cm³/mol. The molecule has 0 atom stereocenters. The van der Waals surface area contributed by atoms with Crippen LogP contribution in [0.4, 0.5) is 5.69 Å². The Kier molecular flexibility index (Phi) is 4.53. The van der Waals surface area contributed by atoms with Crippen LogP contribution >= 0.6 is 0 Å². The summed E-state index contributed by atoms with van der Waals surface area (Å²) in [6.45, 7) is 0. The minimum Gasteiger partial charge on any atom is -0.359 e. The molecule has 132 valence electrons. The Morgan fingerprint density at radius 2 is 1.69 bits per heavy atom. The van der Waals surface area contributed by atoms with Gasteiger partial charge in [0.25, 0.3) is 17.7 Å². The Balaban J connectivity index is 1.86. The summed E-state index contributed by atoms with van der Waals surface area (Å²) >= 11 is 0. The number of hydrogen-bond donors (Lipinski definition) is 2. The Morgan fingerprint density at radius 3 is 2.42 bits per heavy atom. The first-order valence-electron chi connectivity index (χ1n) is 7.98.